The molecule has 0 aliphatic heterocycles. The molecule has 0 saturated heterocycles. The number of nitrogens with zero attached hydrogens (tertiary/aromatic N) is 5. The lowest BCUT2D eigenvalue weighted by atomic mass is 9.83. The molecule has 0 N–H and O–H groups in total. The van der Waals surface area contributed by atoms with Crippen LogP contribution in [0.25, 0.3) is 88.7 Å². The zero-order valence-electron chi connectivity index (χ0n) is 34.7. The van der Waals surface area contributed by atoms with Crippen LogP contribution in [-0.2, 0) is 5.41 Å². The Hall–Kier alpha value is -8.22. The first-order valence-corrected chi connectivity index (χ1v) is 21.5. The zero-order chi connectivity index (χ0) is 41.8. The summed E-state index contributed by atoms with van der Waals surface area (Å²) in [5, 5.41) is 4.78. The van der Waals surface area contributed by atoms with E-state index < -0.39 is 0 Å². The van der Waals surface area contributed by atoms with Crippen LogP contribution >= 0.6 is 0 Å². The Morgan fingerprint density at radius 1 is 0.492 bits per heavy atom. The van der Waals surface area contributed by atoms with Crippen molar-refractivity contribution in [2.24, 2.45) is 0 Å². The van der Waals surface area contributed by atoms with E-state index in [2.05, 4.69) is 227 Å². The van der Waals surface area contributed by atoms with Gasteiger partial charge in [-0.1, -0.05) is 135 Å². The molecule has 1 aliphatic rings. The molecule has 4 heterocycles. The van der Waals surface area contributed by atoms with E-state index >= 15 is 0 Å². The van der Waals surface area contributed by atoms with Crippen LogP contribution in [0.15, 0.2) is 200 Å². The second kappa shape index (κ2) is 13.4. The second-order valence-electron chi connectivity index (χ2n) is 17.0. The number of fused-ring (bicyclic) bond motifs is 10. The van der Waals surface area contributed by atoms with Crippen molar-refractivity contribution < 1.29 is 9.30 Å². The largest absolute Gasteiger partial charge is 0.458 e. The fourth-order valence-corrected chi connectivity index (χ4v) is 10.2. The molecule has 298 valence electrons. The Bertz CT molecular complexity index is 3770. The topological polar surface area (TPSA) is 40.8 Å². The minimum atomic E-state index is -0.140. The predicted octanol–water partition coefficient (Wildman–Crippen LogP) is 13.4. The maximum absolute atomic E-state index is 6.77. The van der Waals surface area contributed by atoms with Gasteiger partial charge >= 0.3 is 0 Å². The van der Waals surface area contributed by atoms with Crippen LogP contribution in [0.3, 0.4) is 0 Å². The molecule has 8 aromatic carbocycles. The number of ether oxygens (including phenoxy) is 1. The Balaban J connectivity index is 0.904. The first-order chi connectivity index (χ1) is 31.0. The van der Waals surface area contributed by atoms with Gasteiger partial charge in [-0.3, -0.25) is 13.7 Å². The zero-order valence-corrected chi connectivity index (χ0v) is 34.7. The summed E-state index contributed by atoms with van der Waals surface area (Å²) in [5.74, 6) is 2.37. The summed E-state index contributed by atoms with van der Waals surface area (Å²) < 4.78 is 15.7. The molecule has 1 aliphatic carbocycles. The number of aromatic nitrogens is 5. The molecule has 0 unspecified atom stereocenters. The van der Waals surface area contributed by atoms with Crippen LogP contribution in [0.2, 0.25) is 0 Å². The molecule has 63 heavy (non-hydrogen) atoms. The number of imidazole rings is 1. The van der Waals surface area contributed by atoms with Crippen LogP contribution in [0.1, 0.15) is 25.0 Å². The number of pyridine rings is 1. The molecule has 0 atom stereocenters. The van der Waals surface area contributed by atoms with Gasteiger partial charge in [-0.2, -0.15) is 0 Å². The van der Waals surface area contributed by atoms with Crippen molar-refractivity contribution in [3.8, 4) is 45.5 Å². The van der Waals surface area contributed by atoms with Crippen molar-refractivity contribution >= 4 is 54.6 Å². The molecule has 0 saturated carbocycles. The normalized spacial score (nSPS) is 13.0. The van der Waals surface area contributed by atoms with Gasteiger partial charge < -0.3 is 9.30 Å². The van der Waals surface area contributed by atoms with Gasteiger partial charge in [-0.05, 0) is 83.4 Å². The summed E-state index contributed by atoms with van der Waals surface area (Å²) in [6.07, 6.45) is 5.82. The maximum Gasteiger partial charge on any atom is 0.269 e. The van der Waals surface area contributed by atoms with Gasteiger partial charge in [0.25, 0.3) is 6.33 Å². The Kier molecular flexibility index (Phi) is 7.55. The van der Waals surface area contributed by atoms with Crippen LogP contribution in [0.4, 0.5) is 0 Å². The van der Waals surface area contributed by atoms with Gasteiger partial charge in [0, 0.05) is 44.8 Å². The highest BCUT2D eigenvalue weighted by Gasteiger charge is 2.36. The van der Waals surface area contributed by atoms with Crippen molar-refractivity contribution in [2.75, 3.05) is 0 Å². The molecule has 13 rings (SSSR count). The smallest absolute Gasteiger partial charge is 0.269 e. The van der Waals surface area contributed by atoms with E-state index in [0.717, 1.165) is 72.9 Å². The predicted molar refractivity (Wildman–Crippen MR) is 254 cm³/mol. The van der Waals surface area contributed by atoms with Gasteiger partial charge in [0.05, 0.1) is 50.2 Å². The van der Waals surface area contributed by atoms with Gasteiger partial charge in [0.1, 0.15) is 17.3 Å². The van der Waals surface area contributed by atoms with Gasteiger partial charge in [-0.15, -0.1) is 0 Å². The van der Waals surface area contributed by atoms with Gasteiger partial charge in [0.15, 0.2) is 0 Å². The van der Waals surface area contributed by atoms with Gasteiger partial charge in [0.2, 0.25) is 0 Å². The van der Waals surface area contributed by atoms with Crippen molar-refractivity contribution in [3.05, 3.63) is 218 Å². The molecular formula is C57H39N5O. The molecule has 0 spiro atoms. The number of hydrogen-bond donors (Lipinski definition) is 0. The van der Waals surface area contributed by atoms with E-state index in [9.17, 15) is 0 Å². The van der Waals surface area contributed by atoms with Crippen LogP contribution < -0.4 is 9.30 Å². The number of benzene rings is 8. The summed E-state index contributed by atoms with van der Waals surface area (Å²) in [5.41, 5.74) is 14.6. The number of rotatable bonds is 6. The summed E-state index contributed by atoms with van der Waals surface area (Å²) in [7, 11) is 0. The minimum absolute atomic E-state index is 0.140. The third-order valence-corrected chi connectivity index (χ3v) is 13.1. The first kappa shape index (κ1) is 35.5. The van der Waals surface area contributed by atoms with Crippen LogP contribution in [0, 0.1) is 6.33 Å². The Labute approximate surface area is 363 Å². The van der Waals surface area contributed by atoms with Crippen LogP contribution in [0.5, 0.6) is 11.5 Å². The lowest BCUT2D eigenvalue weighted by Gasteiger charge is -2.22. The average molecular weight is 810 g/mol. The van der Waals surface area contributed by atoms with Crippen LogP contribution in [-0.4, -0.2) is 18.7 Å². The lowest BCUT2D eigenvalue weighted by molar-refractivity contribution is -0.572. The van der Waals surface area contributed by atoms with E-state index in [1.54, 1.807) is 0 Å². The molecule has 0 fully saturated rings. The van der Waals surface area contributed by atoms with E-state index in [1.807, 2.05) is 12.1 Å². The van der Waals surface area contributed by atoms with E-state index in [4.69, 9.17) is 9.72 Å². The molecule has 12 aromatic rings. The molecule has 6 heteroatoms. The first-order valence-electron chi connectivity index (χ1n) is 21.5. The van der Waals surface area contributed by atoms with Gasteiger partial charge in [-0.25, -0.2) is 4.98 Å². The molecule has 0 bridgehead atoms. The fourth-order valence-electron chi connectivity index (χ4n) is 10.2. The Morgan fingerprint density at radius 3 is 1.89 bits per heavy atom. The lowest BCUT2D eigenvalue weighted by Crippen LogP contribution is -2.31. The second-order valence-corrected chi connectivity index (χ2v) is 17.0. The summed E-state index contributed by atoms with van der Waals surface area (Å²) in [6.45, 7) is 4.63. The summed E-state index contributed by atoms with van der Waals surface area (Å²) in [4.78, 5) is 5.12. The SMILES string of the molecule is CC1(C)c2ccccc2-c2cnc(-n3c4ccccc4c4ccc(Oc5cccc(-n6[c-][n+](-c7ccccc7-n7c8ccccc8c8ccccc87)c7ccccc76)c5)cc43)cc21. The van der Waals surface area contributed by atoms with Crippen molar-refractivity contribution in [1.29, 1.82) is 0 Å². The molecule has 0 radical (unpaired) electrons. The third kappa shape index (κ3) is 5.25. The quantitative estimate of drug-likeness (QED) is 0.124. The van der Waals surface area contributed by atoms with E-state index in [0.29, 0.717) is 0 Å². The molecule has 4 aromatic heterocycles. The van der Waals surface area contributed by atoms with Crippen molar-refractivity contribution in [1.82, 2.24) is 18.7 Å². The number of hydrogen-bond acceptors (Lipinski definition) is 2. The standard InChI is InChI=1S/C57H39N5O/c1-57(2)46-22-7-3-18-40(46)45-35-58-56(34-47(45)57)62-50-25-10-6-21-43(50)44-31-30-39(33-55(44)62)63-38-17-15-16-37(32-38)59-36-60(52-27-12-11-26-51(52)59)53-28-13-14-29-54(53)61-48-23-8-4-19-41(48)42-20-5-9-24-49(42)61/h3-35H,1-2H3. The highest BCUT2D eigenvalue weighted by molar-refractivity contribution is 6.10. The van der Waals surface area contributed by atoms with E-state index in [1.165, 1.54) is 38.4 Å². The van der Waals surface area contributed by atoms with Crippen molar-refractivity contribution in [3.63, 3.8) is 0 Å². The van der Waals surface area contributed by atoms with Crippen molar-refractivity contribution in [2.45, 2.75) is 19.3 Å². The minimum Gasteiger partial charge on any atom is -0.458 e. The monoisotopic (exact) mass is 809 g/mol. The number of para-hydroxylation sites is 7. The molecular weight excluding hydrogens is 771 g/mol. The highest BCUT2D eigenvalue weighted by Crippen LogP contribution is 2.49. The Morgan fingerprint density at radius 2 is 1.11 bits per heavy atom. The van der Waals surface area contributed by atoms with E-state index in [-0.39, 0.29) is 5.41 Å². The maximum atomic E-state index is 6.77. The summed E-state index contributed by atoms with van der Waals surface area (Å²) in [6, 6.07) is 68.6. The third-order valence-electron chi connectivity index (χ3n) is 13.1. The average Bonchev–Trinajstić information content (AvgIpc) is 4.04. The molecule has 6 nitrogen and oxygen atoms in total. The highest BCUT2D eigenvalue weighted by atomic mass is 16.5. The molecule has 0 amide bonds. The fraction of sp³-hybridized carbons (Fsp3) is 0.0526. The summed E-state index contributed by atoms with van der Waals surface area (Å²) >= 11 is 0.